The third-order valence-corrected chi connectivity index (χ3v) is 4.57. The van der Waals surface area contributed by atoms with E-state index in [0.717, 1.165) is 0 Å². The second-order valence-electron chi connectivity index (χ2n) is 5.19. The molecule has 10 heteroatoms. The van der Waals surface area contributed by atoms with Crippen molar-refractivity contribution in [3.63, 3.8) is 0 Å². The van der Waals surface area contributed by atoms with E-state index in [-0.39, 0.29) is 12.5 Å². The van der Waals surface area contributed by atoms with E-state index in [1.165, 1.54) is 23.0 Å². The number of hydrogen-bond donors (Lipinski definition) is 3. The van der Waals surface area contributed by atoms with E-state index in [1.807, 2.05) is 0 Å². The van der Waals surface area contributed by atoms with Gasteiger partial charge in [0.2, 0.25) is 5.13 Å². The van der Waals surface area contributed by atoms with Crippen LogP contribution in [0.15, 0.2) is 42.0 Å². The van der Waals surface area contributed by atoms with Gasteiger partial charge in [0, 0.05) is 28.4 Å². The largest absolute Gasteiger partial charge is 0.387 e. The minimum absolute atomic E-state index is 0.199. The first-order valence-electron chi connectivity index (χ1n) is 7.43. The minimum Gasteiger partial charge on any atom is -0.387 e. The Bertz CT molecular complexity index is 890. The first kappa shape index (κ1) is 18.5. The van der Waals surface area contributed by atoms with E-state index in [1.54, 1.807) is 30.3 Å². The van der Waals surface area contributed by atoms with Crippen LogP contribution in [-0.4, -0.2) is 32.7 Å². The molecular formula is C16H13Cl2N5O2S. The normalized spacial score (nSPS) is 11.8. The van der Waals surface area contributed by atoms with Crippen LogP contribution in [0, 0.1) is 0 Å². The third-order valence-electron chi connectivity index (χ3n) is 3.40. The standard InChI is InChI=1S/C16H13Cl2N5O2S/c17-10-2-3-11(12(18)5-10)13(24)7-20-14-4-1-9(6-19-14)15(25)22-16-23-21-8-26-16/h1-6,8,13,24H,7H2,(H,19,20)(H,22,23,25). The van der Waals surface area contributed by atoms with Crippen molar-refractivity contribution in [2.45, 2.75) is 6.10 Å². The van der Waals surface area contributed by atoms with Gasteiger partial charge in [-0.05, 0) is 24.3 Å². The second-order valence-corrected chi connectivity index (χ2v) is 6.87. The summed E-state index contributed by atoms with van der Waals surface area (Å²) in [6, 6.07) is 8.17. The van der Waals surface area contributed by atoms with Gasteiger partial charge >= 0.3 is 0 Å². The smallest absolute Gasteiger partial charge is 0.259 e. The van der Waals surface area contributed by atoms with Crippen LogP contribution in [0.25, 0.3) is 0 Å². The average molecular weight is 410 g/mol. The van der Waals surface area contributed by atoms with Crippen LogP contribution in [0.2, 0.25) is 10.0 Å². The summed E-state index contributed by atoms with van der Waals surface area (Å²) in [5.41, 5.74) is 2.47. The Hall–Kier alpha value is -2.26. The number of carbonyl (C=O) groups excluding carboxylic acids is 1. The van der Waals surface area contributed by atoms with Gasteiger partial charge in [0.25, 0.3) is 5.91 Å². The number of nitrogens with zero attached hydrogens (tertiary/aromatic N) is 3. The first-order chi connectivity index (χ1) is 12.5. The molecule has 134 valence electrons. The zero-order valence-corrected chi connectivity index (χ0v) is 15.5. The minimum atomic E-state index is -0.832. The number of pyridine rings is 1. The number of aliphatic hydroxyl groups is 1. The van der Waals surface area contributed by atoms with Gasteiger partial charge in [-0.1, -0.05) is 40.6 Å². The Kier molecular flexibility index (Phi) is 6.00. The van der Waals surface area contributed by atoms with Crippen molar-refractivity contribution in [1.29, 1.82) is 0 Å². The number of amides is 1. The van der Waals surface area contributed by atoms with E-state index in [4.69, 9.17) is 23.2 Å². The number of anilines is 2. The van der Waals surface area contributed by atoms with E-state index < -0.39 is 6.10 Å². The van der Waals surface area contributed by atoms with Crippen LogP contribution in [0.1, 0.15) is 22.0 Å². The molecule has 0 spiro atoms. The van der Waals surface area contributed by atoms with Gasteiger partial charge in [-0.3, -0.25) is 10.1 Å². The number of carbonyl (C=O) groups is 1. The van der Waals surface area contributed by atoms with Gasteiger partial charge in [0.15, 0.2) is 0 Å². The fraction of sp³-hybridized carbons (Fsp3) is 0.125. The molecule has 0 saturated carbocycles. The number of halogens is 2. The molecule has 26 heavy (non-hydrogen) atoms. The van der Waals surface area contributed by atoms with E-state index in [9.17, 15) is 9.90 Å². The summed E-state index contributed by atoms with van der Waals surface area (Å²) < 4.78 is 0. The second kappa shape index (κ2) is 8.41. The van der Waals surface area contributed by atoms with Gasteiger partial charge in [-0.15, -0.1) is 10.2 Å². The molecule has 0 aliphatic heterocycles. The maximum absolute atomic E-state index is 12.0. The maximum Gasteiger partial charge on any atom is 0.259 e. The van der Waals surface area contributed by atoms with E-state index in [0.29, 0.717) is 32.1 Å². The number of aromatic nitrogens is 3. The fourth-order valence-electron chi connectivity index (χ4n) is 2.11. The molecule has 3 aromatic rings. The summed E-state index contributed by atoms with van der Waals surface area (Å²) in [5.74, 6) is 0.190. The quantitative estimate of drug-likeness (QED) is 0.574. The van der Waals surface area contributed by atoms with Crippen molar-refractivity contribution in [1.82, 2.24) is 15.2 Å². The molecule has 2 heterocycles. The lowest BCUT2D eigenvalue weighted by Gasteiger charge is -2.14. The molecule has 1 unspecified atom stereocenters. The summed E-state index contributed by atoms with van der Waals surface area (Å²) in [4.78, 5) is 16.2. The Morgan fingerprint density at radius 2 is 2.12 bits per heavy atom. The predicted octanol–water partition coefficient (Wildman–Crippen LogP) is 3.64. The SMILES string of the molecule is O=C(Nc1nncs1)c1ccc(NCC(O)c2ccc(Cl)cc2Cl)nc1. The molecular weight excluding hydrogens is 397 g/mol. The van der Waals surface area contributed by atoms with Crippen LogP contribution in [0.3, 0.4) is 0 Å². The average Bonchev–Trinajstić information content (AvgIpc) is 3.13. The molecule has 2 aromatic heterocycles. The summed E-state index contributed by atoms with van der Waals surface area (Å²) in [5, 5.41) is 24.6. The van der Waals surface area contributed by atoms with Crippen molar-refractivity contribution in [3.8, 4) is 0 Å². The van der Waals surface area contributed by atoms with Crippen LogP contribution >= 0.6 is 34.5 Å². The lowest BCUT2D eigenvalue weighted by Crippen LogP contribution is -2.15. The van der Waals surface area contributed by atoms with Crippen molar-refractivity contribution in [3.05, 3.63) is 63.2 Å². The van der Waals surface area contributed by atoms with E-state index >= 15 is 0 Å². The molecule has 3 N–H and O–H groups in total. The van der Waals surface area contributed by atoms with Crippen LogP contribution in [0.5, 0.6) is 0 Å². The summed E-state index contributed by atoms with van der Waals surface area (Å²) in [6.45, 7) is 0.199. The number of nitrogens with one attached hydrogen (secondary N) is 2. The molecule has 1 aromatic carbocycles. The van der Waals surface area contributed by atoms with Crippen LogP contribution < -0.4 is 10.6 Å². The molecule has 0 bridgehead atoms. The monoisotopic (exact) mass is 409 g/mol. The third kappa shape index (κ3) is 4.67. The van der Waals surface area contributed by atoms with Gasteiger partial charge in [0.1, 0.15) is 11.3 Å². The lowest BCUT2D eigenvalue weighted by atomic mass is 10.1. The summed E-state index contributed by atoms with van der Waals surface area (Å²) in [7, 11) is 0. The molecule has 0 fully saturated rings. The van der Waals surface area contributed by atoms with Crippen molar-refractivity contribution >= 4 is 51.4 Å². The Morgan fingerprint density at radius 1 is 1.27 bits per heavy atom. The maximum atomic E-state index is 12.0. The molecule has 0 aliphatic rings. The van der Waals surface area contributed by atoms with Crippen molar-refractivity contribution in [2.24, 2.45) is 0 Å². The summed E-state index contributed by atoms with van der Waals surface area (Å²) >= 11 is 13.2. The van der Waals surface area contributed by atoms with E-state index in [2.05, 4.69) is 25.8 Å². The Morgan fingerprint density at radius 3 is 2.77 bits per heavy atom. The predicted molar refractivity (Wildman–Crippen MR) is 102 cm³/mol. The molecule has 1 atom stereocenters. The summed E-state index contributed by atoms with van der Waals surface area (Å²) in [6.07, 6.45) is 0.599. The molecule has 3 rings (SSSR count). The zero-order valence-electron chi connectivity index (χ0n) is 13.2. The van der Waals surface area contributed by atoms with Gasteiger partial charge in [-0.25, -0.2) is 4.98 Å². The van der Waals surface area contributed by atoms with Crippen LogP contribution in [-0.2, 0) is 0 Å². The first-order valence-corrected chi connectivity index (χ1v) is 9.07. The lowest BCUT2D eigenvalue weighted by molar-refractivity contribution is 0.102. The van der Waals surface area contributed by atoms with Gasteiger partial charge in [-0.2, -0.15) is 0 Å². The highest BCUT2D eigenvalue weighted by atomic mass is 35.5. The number of hydrogen-bond acceptors (Lipinski definition) is 7. The van der Waals surface area contributed by atoms with Crippen LogP contribution in [0.4, 0.5) is 10.9 Å². The molecule has 0 saturated heterocycles. The highest BCUT2D eigenvalue weighted by Crippen LogP contribution is 2.26. The van der Waals surface area contributed by atoms with Crippen molar-refractivity contribution in [2.75, 3.05) is 17.2 Å². The Labute approximate surface area is 163 Å². The number of benzene rings is 1. The number of aliphatic hydroxyl groups excluding tert-OH is 1. The molecule has 1 amide bonds. The number of rotatable bonds is 6. The zero-order chi connectivity index (χ0) is 18.5. The molecule has 0 aliphatic carbocycles. The van der Waals surface area contributed by atoms with Gasteiger partial charge < -0.3 is 10.4 Å². The highest BCUT2D eigenvalue weighted by molar-refractivity contribution is 7.13. The Balaban J connectivity index is 1.58. The fourth-order valence-corrected chi connectivity index (χ4v) is 3.09. The molecule has 0 radical (unpaired) electrons. The molecule has 7 nitrogen and oxygen atoms in total. The highest BCUT2D eigenvalue weighted by Gasteiger charge is 2.13. The van der Waals surface area contributed by atoms with Gasteiger partial charge in [0.05, 0.1) is 11.7 Å². The topological polar surface area (TPSA) is 100 Å². The van der Waals surface area contributed by atoms with Crippen molar-refractivity contribution < 1.29 is 9.90 Å².